The predicted octanol–water partition coefficient (Wildman–Crippen LogP) is -0.555. The molecule has 0 aliphatic heterocycles. The summed E-state index contributed by atoms with van der Waals surface area (Å²) in [4.78, 5) is 33.8. The SMILES string of the molecule is CC.CC(C)(C=O)CC(C)(C)C(C/C(N)=C/NN)[N-]C(=O)CCC(=O)O.[K+]. The molecule has 8 nitrogen and oxygen atoms in total. The fourth-order valence-corrected chi connectivity index (χ4v) is 2.67. The maximum atomic E-state index is 12.0. The van der Waals surface area contributed by atoms with Crippen LogP contribution < -0.4 is 68.4 Å². The van der Waals surface area contributed by atoms with Crippen molar-refractivity contribution in [1.82, 2.24) is 5.43 Å². The third kappa shape index (κ3) is 15.2. The minimum Gasteiger partial charge on any atom is -0.650 e. The number of nitrogens with one attached hydrogen (secondary N) is 1. The quantitative estimate of drug-likeness (QED) is 0.154. The third-order valence-corrected chi connectivity index (χ3v) is 3.68. The smallest absolute Gasteiger partial charge is 0.650 e. The Morgan fingerprint density at radius 2 is 1.70 bits per heavy atom. The molecule has 6 N–H and O–H groups in total. The summed E-state index contributed by atoms with van der Waals surface area (Å²) in [6.07, 6.45) is 2.60. The summed E-state index contributed by atoms with van der Waals surface area (Å²) in [6, 6.07) is -0.498. The van der Waals surface area contributed by atoms with E-state index < -0.39 is 28.7 Å². The first kappa shape index (κ1) is 31.2. The van der Waals surface area contributed by atoms with Crippen LogP contribution in [-0.4, -0.2) is 29.3 Å². The number of aldehydes is 1. The molecule has 0 radical (unpaired) electrons. The number of nitrogens with two attached hydrogens (primary N) is 2. The zero-order chi connectivity index (χ0) is 21.0. The number of hydrogen-bond acceptors (Lipinski definition) is 6. The first-order chi connectivity index (χ1) is 11.9. The molecule has 0 aliphatic carbocycles. The maximum absolute atomic E-state index is 12.0. The van der Waals surface area contributed by atoms with E-state index in [4.69, 9.17) is 16.7 Å². The number of hydrazine groups is 1. The number of carbonyl (C=O) groups is 3. The van der Waals surface area contributed by atoms with Gasteiger partial charge >= 0.3 is 57.4 Å². The van der Waals surface area contributed by atoms with E-state index in [-0.39, 0.29) is 70.6 Å². The summed E-state index contributed by atoms with van der Waals surface area (Å²) in [7, 11) is 0. The molecule has 0 aliphatic rings. The molecule has 0 aromatic heterocycles. The van der Waals surface area contributed by atoms with Crippen molar-refractivity contribution in [2.75, 3.05) is 0 Å². The van der Waals surface area contributed by atoms with Gasteiger partial charge in [0.2, 0.25) is 0 Å². The summed E-state index contributed by atoms with van der Waals surface area (Å²) in [5, 5.41) is 12.8. The average molecular weight is 411 g/mol. The van der Waals surface area contributed by atoms with Gasteiger partial charge in [-0.1, -0.05) is 41.5 Å². The Balaban J connectivity index is -0.00000185. The van der Waals surface area contributed by atoms with Gasteiger partial charge < -0.3 is 31.2 Å². The minimum absolute atomic E-state index is 0. The van der Waals surface area contributed by atoms with Crippen LogP contribution >= 0.6 is 0 Å². The molecule has 1 atom stereocenters. The van der Waals surface area contributed by atoms with Crippen LogP contribution in [0.1, 0.15) is 67.2 Å². The van der Waals surface area contributed by atoms with Crippen molar-refractivity contribution in [1.29, 1.82) is 0 Å². The summed E-state index contributed by atoms with van der Waals surface area (Å²) in [6.45, 7) is 11.4. The molecule has 9 heteroatoms. The van der Waals surface area contributed by atoms with Crippen LogP contribution in [0.3, 0.4) is 0 Å². The van der Waals surface area contributed by atoms with Crippen molar-refractivity contribution < 1.29 is 70.9 Å². The fraction of sp³-hybridized carbons (Fsp3) is 0.722. The van der Waals surface area contributed by atoms with Gasteiger partial charge in [-0.25, -0.2) is 0 Å². The summed E-state index contributed by atoms with van der Waals surface area (Å²) in [5.41, 5.74) is 7.52. The van der Waals surface area contributed by atoms with E-state index in [9.17, 15) is 14.4 Å². The molecule has 152 valence electrons. The molecule has 0 spiro atoms. The van der Waals surface area contributed by atoms with Gasteiger partial charge in [0.15, 0.2) is 0 Å². The molecule has 0 saturated carbocycles. The van der Waals surface area contributed by atoms with Gasteiger partial charge in [-0.2, -0.15) is 0 Å². The molecule has 1 unspecified atom stereocenters. The molecule has 0 aromatic rings. The third-order valence-electron chi connectivity index (χ3n) is 3.68. The zero-order valence-corrected chi connectivity index (χ0v) is 21.0. The number of hydrogen-bond donors (Lipinski definition) is 4. The number of carboxylic acids is 1. The molecule has 0 rings (SSSR count). The minimum atomic E-state index is -1.05. The summed E-state index contributed by atoms with van der Waals surface area (Å²) < 4.78 is 0. The molecule has 0 bridgehead atoms. The van der Waals surface area contributed by atoms with Crippen LogP contribution in [0.2, 0.25) is 0 Å². The van der Waals surface area contributed by atoms with E-state index in [1.54, 1.807) is 0 Å². The normalized spacial score (nSPS) is 12.6. The topological polar surface area (TPSA) is 150 Å². The average Bonchev–Trinajstić information content (AvgIpc) is 2.53. The first-order valence-electron chi connectivity index (χ1n) is 8.76. The Labute approximate surface area is 205 Å². The second kappa shape index (κ2) is 15.5. The van der Waals surface area contributed by atoms with E-state index in [2.05, 4.69) is 10.7 Å². The van der Waals surface area contributed by atoms with E-state index in [1.807, 2.05) is 41.5 Å². The van der Waals surface area contributed by atoms with Crippen molar-refractivity contribution in [2.45, 2.75) is 73.3 Å². The predicted molar refractivity (Wildman–Crippen MR) is 103 cm³/mol. The van der Waals surface area contributed by atoms with Crippen molar-refractivity contribution in [3.05, 3.63) is 17.2 Å². The molecule has 0 heterocycles. The molecule has 0 aromatic carbocycles. The number of aliphatic carboxylic acids is 1. The van der Waals surface area contributed by atoms with E-state index in [0.717, 1.165) is 6.29 Å². The van der Waals surface area contributed by atoms with Gasteiger partial charge in [0, 0.05) is 17.3 Å². The summed E-state index contributed by atoms with van der Waals surface area (Å²) >= 11 is 0. The van der Waals surface area contributed by atoms with Crippen LogP contribution in [0, 0.1) is 10.8 Å². The zero-order valence-electron chi connectivity index (χ0n) is 17.8. The van der Waals surface area contributed by atoms with Crippen LogP contribution in [-0.2, 0) is 14.4 Å². The van der Waals surface area contributed by atoms with Gasteiger partial charge in [-0.05, 0) is 24.7 Å². The van der Waals surface area contributed by atoms with Crippen molar-refractivity contribution in [3.8, 4) is 0 Å². The van der Waals surface area contributed by atoms with E-state index >= 15 is 0 Å². The van der Waals surface area contributed by atoms with Gasteiger partial charge in [0.25, 0.3) is 0 Å². The van der Waals surface area contributed by atoms with Crippen molar-refractivity contribution in [2.24, 2.45) is 22.4 Å². The Kier molecular flexibility index (Phi) is 17.9. The fourth-order valence-electron chi connectivity index (χ4n) is 2.67. The Morgan fingerprint density at radius 3 is 2.11 bits per heavy atom. The summed E-state index contributed by atoms with van der Waals surface area (Å²) in [5.74, 6) is 3.66. The van der Waals surface area contributed by atoms with Gasteiger partial charge in [0.1, 0.15) is 6.29 Å². The number of amides is 1. The number of carboxylic acid groups (broad SMARTS) is 1. The maximum Gasteiger partial charge on any atom is 1.00 e. The number of carbonyl (C=O) groups excluding carboxylic acids is 2. The monoisotopic (exact) mass is 410 g/mol. The van der Waals surface area contributed by atoms with Crippen LogP contribution in [0.4, 0.5) is 0 Å². The number of rotatable bonds is 11. The second-order valence-corrected chi connectivity index (χ2v) is 7.29. The second-order valence-electron chi connectivity index (χ2n) is 7.29. The molecule has 0 saturated heterocycles. The molecular weight excluding hydrogens is 375 g/mol. The standard InChI is InChI=1S/C16H30N4O4.C2H6.K/c1-15(2,10-21)9-16(3,4)12(7-11(17)8-19-18)20-13(22)5-6-14(23)24;1-2;/h8,10,12,19H,5-7,9,17-18H2,1-4H3,(H2,20,22,23,24);1-2H3;/q;;+1/p-1/b11-8-;;. The van der Waals surface area contributed by atoms with E-state index in [1.165, 1.54) is 6.20 Å². The Hall–Kier alpha value is -0.454. The van der Waals surface area contributed by atoms with Crippen LogP contribution in [0.25, 0.3) is 5.32 Å². The Morgan fingerprint density at radius 1 is 1.19 bits per heavy atom. The van der Waals surface area contributed by atoms with Gasteiger partial charge in [-0.15, -0.1) is 6.04 Å². The van der Waals surface area contributed by atoms with Gasteiger partial charge in [0.05, 0.1) is 12.3 Å². The van der Waals surface area contributed by atoms with Crippen molar-refractivity contribution >= 4 is 18.2 Å². The first-order valence-corrected chi connectivity index (χ1v) is 8.76. The van der Waals surface area contributed by atoms with E-state index in [0.29, 0.717) is 12.1 Å². The number of nitrogens with zero attached hydrogens (tertiary/aromatic N) is 1. The van der Waals surface area contributed by atoms with Crippen LogP contribution in [0.15, 0.2) is 11.9 Å². The molecule has 0 fully saturated rings. The molecule has 1 amide bonds. The molecular formula is C18H35KN4O4. The largest absolute Gasteiger partial charge is 1.00 e. The van der Waals surface area contributed by atoms with Crippen molar-refractivity contribution in [3.63, 3.8) is 0 Å². The Bertz CT molecular complexity index is 494. The molecule has 27 heavy (non-hydrogen) atoms. The van der Waals surface area contributed by atoms with Gasteiger partial charge in [-0.3, -0.25) is 10.6 Å². The van der Waals surface area contributed by atoms with Crippen LogP contribution in [0.5, 0.6) is 0 Å².